The Morgan fingerprint density at radius 1 is 1.59 bits per heavy atom. The van der Waals surface area contributed by atoms with Gasteiger partial charge < -0.3 is 5.32 Å². The van der Waals surface area contributed by atoms with E-state index >= 15 is 0 Å². The monoisotopic (exact) mass is 253 g/mol. The molecule has 1 fully saturated rings. The zero-order chi connectivity index (χ0) is 12.3. The minimum Gasteiger partial charge on any atom is -0.305 e. The summed E-state index contributed by atoms with van der Waals surface area (Å²) in [6, 6.07) is -0.235. The Hall–Kier alpha value is -1.27. The van der Waals surface area contributed by atoms with Crippen LogP contribution >= 0.6 is 11.3 Å². The van der Waals surface area contributed by atoms with Crippen molar-refractivity contribution in [1.82, 2.24) is 15.6 Å². The number of imide groups is 1. The van der Waals surface area contributed by atoms with Crippen LogP contribution in [0.5, 0.6) is 0 Å². The molecule has 2 rings (SSSR count). The zero-order valence-electron chi connectivity index (χ0n) is 9.66. The predicted molar refractivity (Wildman–Crippen MR) is 64.7 cm³/mol. The summed E-state index contributed by atoms with van der Waals surface area (Å²) in [4.78, 5) is 27.8. The number of piperidine rings is 1. The summed E-state index contributed by atoms with van der Waals surface area (Å²) >= 11 is 1.63. The van der Waals surface area contributed by atoms with Gasteiger partial charge in [0.1, 0.15) is 0 Å². The summed E-state index contributed by atoms with van der Waals surface area (Å²) in [7, 11) is 0. The Morgan fingerprint density at radius 3 is 3.06 bits per heavy atom. The Morgan fingerprint density at radius 2 is 2.41 bits per heavy atom. The highest BCUT2D eigenvalue weighted by molar-refractivity contribution is 7.09. The molecule has 5 nitrogen and oxygen atoms in total. The van der Waals surface area contributed by atoms with Gasteiger partial charge in [0.2, 0.25) is 11.8 Å². The smallest absolute Gasteiger partial charge is 0.243 e. The van der Waals surface area contributed by atoms with E-state index in [1.165, 1.54) is 4.88 Å². The number of hydrogen-bond acceptors (Lipinski definition) is 5. The second-order valence-electron chi connectivity index (χ2n) is 4.07. The number of aryl methyl sites for hydroxylation is 1. The lowest BCUT2D eigenvalue weighted by molar-refractivity contribution is -0.134. The van der Waals surface area contributed by atoms with E-state index in [4.69, 9.17) is 0 Å². The highest BCUT2D eigenvalue weighted by Crippen LogP contribution is 2.12. The van der Waals surface area contributed by atoms with Crippen molar-refractivity contribution in [3.8, 4) is 0 Å². The van der Waals surface area contributed by atoms with Crippen LogP contribution in [0.25, 0.3) is 0 Å². The van der Waals surface area contributed by atoms with E-state index < -0.39 is 0 Å². The van der Waals surface area contributed by atoms with E-state index in [9.17, 15) is 9.59 Å². The first-order valence-electron chi connectivity index (χ1n) is 5.63. The number of nitrogens with one attached hydrogen (secondary N) is 2. The number of carbonyl (C=O) groups excluding carboxylic acids is 2. The third-order valence-electron chi connectivity index (χ3n) is 2.83. The number of hydrogen-bond donors (Lipinski definition) is 2. The third-order valence-corrected chi connectivity index (χ3v) is 3.82. The Labute approximate surface area is 104 Å². The zero-order valence-corrected chi connectivity index (χ0v) is 10.5. The fourth-order valence-corrected chi connectivity index (χ4v) is 2.60. The normalized spacial score (nSPS) is 20.4. The molecule has 2 amide bonds. The fourth-order valence-electron chi connectivity index (χ4n) is 1.81. The molecular weight excluding hydrogens is 238 g/mol. The molecule has 0 aromatic carbocycles. The van der Waals surface area contributed by atoms with Gasteiger partial charge in [-0.25, -0.2) is 4.98 Å². The quantitative estimate of drug-likeness (QED) is 0.761. The number of nitrogens with zero attached hydrogens (tertiary/aromatic N) is 1. The van der Waals surface area contributed by atoms with Gasteiger partial charge >= 0.3 is 0 Å². The lowest BCUT2D eigenvalue weighted by atomic mass is 10.1. The third kappa shape index (κ3) is 3.10. The standard InChI is InChI=1S/C11H15N3O2S/c1-7-9(17-6-13-7)4-5-12-8-2-3-10(15)14-11(8)16/h6,8,12H,2-5H2,1H3,(H,14,15,16). The molecule has 2 N–H and O–H groups in total. The SMILES string of the molecule is Cc1ncsc1CCNC1CCC(=O)NC1=O. The molecule has 0 radical (unpaired) electrons. The molecular formula is C11H15N3O2S. The van der Waals surface area contributed by atoms with Crippen LogP contribution in [0.2, 0.25) is 0 Å². The van der Waals surface area contributed by atoms with Gasteiger partial charge in [-0.1, -0.05) is 0 Å². The summed E-state index contributed by atoms with van der Waals surface area (Å²) in [5.74, 6) is -0.381. The molecule has 0 saturated carbocycles. The van der Waals surface area contributed by atoms with Crippen molar-refractivity contribution < 1.29 is 9.59 Å². The molecule has 2 heterocycles. The van der Waals surface area contributed by atoms with Gasteiger partial charge in [-0.3, -0.25) is 14.9 Å². The second kappa shape index (κ2) is 5.37. The molecule has 92 valence electrons. The highest BCUT2D eigenvalue weighted by Gasteiger charge is 2.25. The van der Waals surface area contributed by atoms with E-state index in [-0.39, 0.29) is 17.9 Å². The van der Waals surface area contributed by atoms with Gasteiger partial charge in [-0.2, -0.15) is 0 Å². The molecule has 1 saturated heterocycles. The molecule has 0 aliphatic carbocycles. The molecule has 6 heteroatoms. The summed E-state index contributed by atoms with van der Waals surface area (Å²) in [6.45, 7) is 2.72. The Bertz CT molecular complexity index is 430. The number of thiazole rings is 1. The number of carbonyl (C=O) groups is 2. The Balaban J connectivity index is 1.77. The van der Waals surface area contributed by atoms with Gasteiger partial charge in [0.05, 0.1) is 17.2 Å². The van der Waals surface area contributed by atoms with Crippen LogP contribution in [0, 0.1) is 6.92 Å². The van der Waals surface area contributed by atoms with E-state index in [1.54, 1.807) is 11.3 Å². The van der Waals surface area contributed by atoms with Crippen LogP contribution in [-0.4, -0.2) is 29.4 Å². The van der Waals surface area contributed by atoms with Crippen LogP contribution in [0.15, 0.2) is 5.51 Å². The molecule has 1 aliphatic rings. The van der Waals surface area contributed by atoms with Crippen molar-refractivity contribution in [3.63, 3.8) is 0 Å². The van der Waals surface area contributed by atoms with Crippen LogP contribution < -0.4 is 10.6 Å². The maximum Gasteiger partial charge on any atom is 0.243 e. The number of aromatic nitrogens is 1. The fraction of sp³-hybridized carbons (Fsp3) is 0.545. The molecule has 1 atom stereocenters. The second-order valence-corrected chi connectivity index (χ2v) is 5.01. The van der Waals surface area contributed by atoms with Gasteiger partial charge in [0, 0.05) is 17.8 Å². The topological polar surface area (TPSA) is 71.1 Å². The lowest BCUT2D eigenvalue weighted by Crippen LogP contribution is -2.51. The maximum atomic E-state index is 11.5. The first-order valence-corrected chi connectivity index (χ1v) is 6.51. The van der Waals surface area contributed by atoms with Crippen molar-refractivity contribution >= 4 is 23.2 Å². The predicted octanol–water partition coefficient (Wildman–Crippen LogP) is 0.389. The molecule has 0 bridgehead atoms. The average molecular weight is 253 g/mol. The molecule has 17 heavy (non-hydrogen) atoms. The van der Waals surface area contributed by atoms with Crippen LogP contribution in [0.4, 0.5) is 0 Å². The maximum absolute atomic E-state index is 11.5. The van der Waals surface area contributed by atoms with Gasteiger partial charge in [-0.15, -0.1) is 11.3 Å². The summed E-state index contributed by atoms with van der Waals surface area (Å²) in [5, 5.41) is 5.51. The van der Waals surface area contributed by atoms with Gasteiger partial charge in [0.25, 0.3) is 0 Å². The molecule has 1 unspecified atom stereocenters. The van der Waals surface area contributed by atoms with Crippen molar-refractivity contribution in [3.05, 3.63) is 16.1 Å². The van der Waals surface area contributed by atoms with Crippen molar-refractivity contribution in [2.24, 2.45) is 0 Å². The minimum absolute atomic E-state index is 0.175. The summed E-state index contributed by atoms with van der Waals surface area (Å²) in [6.07, 6.45) is 1.88. The largest absolute Gasteiger partial charge is 0.305 e. The minimum atomic E-state index is -0.235. The summed E-state index contributed by atoms with van der Waals surface area (Å²) in [5.41, 5.74) is 2.89. The highest BCUT2D eigenvalue weighted by atomic mass is 32.1. The van der Waals surface area contributed by atoms with Crippen molar-refractivity contribution in [2.45, 2.75) is 32.2 Å². The van der Waals surface area contributed by atoms with Crippen LogP contribution in [0.1, 0.15) is 23.4 Å². The molecule has 1 aromatic rings. The molecule has 1 aliphatic heterocycles. The first-order chi connectivity index (χ1) is 8.16. The lowest BCUT2D eigenvalue weighted by Gasteiger charge is -2.21. The summed E-state index contributed by atoms with van der Waals surface area (Å²) < 4.78 is 0. The van der Waals surface area contributed by atoms with Crippen LogP contribution in [0.3, 0.4) is 0 Å². The average Bonchev–Trinajstić information content (AvgIpc) is 2.68. The van der Waals surface area contributed by atoms with E-state index in [2.05, 4.69) is 15.6 Å². The van der Waals surface area contributed by atoms with Crippen LogP contribution in [-0.2, 0) is 16.0 Å². The van der Waals surface area contributed by atoms with Gasteiger partial charge in [-0.05, 0) is 19.8 Å². The molecule has 1 aromatic heterocycles. The number of rotatable bonds is 4. The van der Waals surface area contributed by atoms with Crippen molar-refractivity contribution in [2.75, 3.05) is 6.54 Å². The van der Waals surface area contributed by atoms with Gasteiger partial charge in [0.15, 0.2) is 0 Å². The van der Waals surface area contributed by atoms with E-state index in [0.717, 1.165) is 18.7 Å². The van der Waals surface area contributed by atoms with E-state index in [1.807, 2.05) is 12.4 Å². The Kier molecular flexibility index (Phi) is 3.86. The first kappa shape index (κ1) is 12.2. The van der Waals surface area contributed by atoms with Crippen molar-refractivity contribution in [1.29, 1.82) is 0 Å². The van der Waals surface area contributed by atoms with E-state index in [0.29, 0.717) is 12.8 Å². The molecule has 0 spiro atoms. The number of amides is 2.